The smallest absolute Gasteiger partial charge is 0.326 e. The van der Waals surface area contributed by atoms with Gasteiger partial charge in [-0.1, -0.05) is 42.5 Å². The van der Waals surface area contributed by atoms with Crippen LogP contribution in [0.1, 0.15) is 35.9 Å². The first kappa shape index (κ1) is 21.9. The maximum Gasteiger partial charge on any atom is 0.326 e. The normalized spacial score (nSPS) is 11.3. The molecule has 0 fully saturated rings. The van der Waals surface area contributed by atoms with Crippen molar-refractivity contribution in [3.05, 3.63) is 65.7 Å². The lowest BCUT2D eigenvalue weighted by Crippen LogP contribution is -2.38. The van der Waals surface area contributed by atoms with Crippen LogP contribution in [0.2, 0.25) is 0 Å². The number of carbonyl (C=O) groups is 3. The Balaban J connectivity index is 2.08. The predicted molar refractivity (Wildman–Crippen MR) is 109 cm³/mol. The number of carbonyl (C=O) groups excluding carboxylic acids is 3. The molecule has 2 rings (SSSR count). The van der Waals surface area contributed by atoms with Crippen molar-refractivity contribution in [1.29, 1.82) is 0 Å². The predicted octanol–water partition coefficient (Wildman–Crippen LogP) is 2.58. The molecule has 29 heavy (non-hydrogen) atoms. The highest BCUT2D eigenvalue weighted by Crippen LogP contribution is 2.21. The zero-order valence-electron chi connectivity index (χ0n) is 16.9. The molecule has 0 aromatic heterocycles. The van der Waals surface area contributed by atoms with Crippen molar-refractivity contribution in [2.45, 2.75) is 20.0 Å². The number of esters is 1. The third-order valence-corrected chi connectivity index (χ3v) is 4.40. The minimum Gasteiger partial charge on any atom is -0.496 e. The lowest BCUT2D eigenvalue weighted by Gasteiger charge is -2.25. The maximum absolute atomic E-state index is 12.8. The first-order valence-electron chi connectivity index (χ1n) is 9.46. The van der Waals surface area contributed by atoms with E-state index in [2.05, 4.69) is 5.32 Å². The Kier molecular flexibility index (Phi) is 8.21. The number of rotatable bonds is 9. The van der Waals surface area contributed by atoms with Crippen LogP contribution in [0.15, 0.2) is 54.6 Å². The number of ether oxygens (including phenoxy) is 2. The van der Waals surface area contributed by atoms with Gasteiger partial charge in [0.05, 0.1) is 12.7 Å². The Morgan fingerprint density at radius 2 is 1.59 bits per heavy atom. The van der Waals surface area contributed by atoms with Crippen LogP contribution in [0.5, 0.6) is 5.75 Å². The zero-order valence-corrected chi connectivity index (χ0v) is 16.9. The molecule has 2 amide bonds. The zero-order chi connectivity index (χ0) is 21.2. The van der Waals surface area contributed by atoms with Crippen LogP contribution in [0.25, 0.3) is 0 Å². The van der Waals surface area contributed by atoms with Crippen LogP contribution in [-0.2, 0) is 14.3 Å². The maximum atomic E-state index is 12.8. The number of para-hydroxylation sites is 1. The monoisotopic (exact) mass is 398 g/mol. The van der Waals surface area contributed by atoms with Crippen LogP contribution < -0.4 is 10.1 Å². The van der Waals surface area contributed by atoms with Gasteiger partial charge in [-0.25, -0.2) is 0 Å². The molecule has 0 heterocycles. The Morgan fingerprint density at radius 1 is 0.966 bits per heavy atom. The summed E-state index contributed by atoms with van der Waals surface area (Å²) in [6.45, 7) is 4.35. The Morgan fingerprint density at radius 3 is 2.21 bits per heavy atom. The Hall–Kier alpha value is -3.35. The molecule has 0 bridgehead atoms. The SMILES string of the molecule is CCN(CC)C(=O)[C@@H](OC(=O)CNC(=O)c1ccccc1OC)c1ccccc1. The van der Waals surface area contributed by atoms with Crippen LogP contribution >= 0.6 is 0 Å². The summed E-state index contributed by atoms with van der Waals surface area (Å²) in [7, 11) is 1.46. The second-order valence-corrected chi connectivity index (χ2v) is 6.17. The molecule has 0 saturated heterocycles. The van der Waals surface area contributed by atoms with Crippen molar-refractivity contribution in [1.82, 2.24) is 10.2 Å². The first-order valence-corrected chi connectivity index (χ1v) is 9.46. The molecular weight excluding hydrogens is 372 g/mol. The van der Waals surface area contributed by atoms with Crippen LogP contribution in [-0.4, -0.2) is 49.4 Å². The van der Waals surface area contributed by atoms with Crippen LogP contribution in [0, 0.1) is 0 Å². The topological polar surface area (TPSA) is 84.9 Å². The number of likely N-dealkylation sites (N-methyl/N-ethyl adjacent to an activating group) is 1. The van der Waals surface area contributed by atoms with Gasteiger partial charge in [0.15, 0.2) is 0 Å². The quantitative estimate of drug-likeness (QED) is 0.657. The molecular formula is C22H26N2O5. The van der Waals surface area contributed by atoms with Crippen LogP contribution in [0.3, 0.4) is 0 Å². The van der Waals surface area contributed by atoms with E-state index in [0.29, 0.717) is 30.0 Å². The van der Waals surface area contributed by atoms with Crippen molar-refractivity contribution in [3.63, 3.8) is 0 Å². The molecule has 7 heteroatoms. The highest BCUT2D eigenvalue weighted by molar-refractivity contribution is 5.98. The molecule has 154 valence electrons. The number of hydrogen-bond donors (Lipinski definition) is 1. The minimum absolute atomic E-state index is 0.300. The van der Waals surface area contributed by atoms with E-state index in [1.165, 1.54) is 7.11 Å². The van der Waals surface area contributed by atoms with Gasteiger partial charge in [-0.05, 0) is 26.0 Å². The average Bonchev–Trinajstić information content (AvgIpc) is 2.77. The van der Waals surface area contributed by atoms with Gasteiger partial charge in [0.1, 0.15) is 12.3 Å². The molecule has 0 radical (unpaired) electrons. The van der Waals surface area contributed by atoms with Gasteiger partial charge in [0.2, 0.25) is 6.10 Å². The van der Waals surface area contributed by atoms with E-state index < -0.39 is 18.0 Å². The largest absolute Gasteiger partial charge is 0.496 e. The van der Waals surface area contributed by atoms with E-state index in [0.717, 1.165) is 0 Å². The molecule has 2 aromatic rings. The van der Waals surface area contributed by atoms with Gasteiger partial charge in [-0.3, -0.25) is 14.4 Å². The highest BCUT2D eigenvalue weighted by atomic mass is 16.5. The summed E-state index contributed by atoms with van der Waals surface area (Å²) >= 11 is 0. The summed E-state index contributed by atoms with van der Waals surface area (Å²) in [4.78, 5) is 39.2. The second-order valence-electron chi connectivity index (χ2n) is 6.17. The molecule has 1 atom stereocenters. The summed E-state index contributed by atoms with van der Waals surface area (Å²) in [5, 5.41) is 2.51. The van der Waals surface area contributed by atoms with Crippen LogP contribution in [0.4, 0.5) is 0 Å². The fraction of sp³-hybridized carbons (Fsp3) is 0.318. The molecule has 0 aliphatic rings. The molecule has 1 N–H and O–H groups in total. The van der Waals surface area contributed by atoms with Gasteiger partial charge in [-0.15, -0.1) is 0 Å². The third-order valence-electron chi connectivity index (χ3n) is 4.40. The molecule has 0 aliphatic carbocycles. The summed E-state index contributed by atoms with van der Waals surface area (Å²) in [6.07, 6.45) is -1.06. The summed E-state index contributed by atoms with van der Waals surface area (Å²) in [5.74, 6) is -1.07. The summed E-state index contributed by atoms with van der Waals surface area (Å²) < 4.78 is 10.6. The minimum atomic E-state index is -1.06. The second kappa shape index (κ2) is 10.8. The number of nitrogens with zero attached hydrogens (tertiary/aromatic N) is 1. The van der Waals surface area contributed by atoms with Gasteiger partial charge in [0, 0.05) is 18.7 Å². The van der Waals surface area contributed by atoms with Gasteiger partial charge in [0.25, 0.3) is 11.8 Å². The van der Waals surface area contributed by atoms with Crippen molar-refractivity contribution < 1.29 is 23.9 Å². The Labute approximate surface area is 170 Å². The summed E-state index contributed by atoms with van der Waals surface area (Å²) in [5.41, 5.74) is 0.885. The number of benzene rings is 2. The lowest BCUT2D eigenvalue weighted by atomic mass is 10.1. The highest BCUT2D eigenvalue weighted by Gasteiger charge is 2.28. The number of amides is 2. The molecule has 0 aliphatic heterocycles. The van der Waals surface area contributed by atoms with Crippen molar-refractivity contribution in [2.24, 2.45) is 0 Å². The standard InChI is InChI=1S/C22H26N2O5/c1-4-24(5-2)22(27)20(16-11-7-6-8-12-16)29-19(25)15-23-21(26)17-13-9-10-14-18(17)28-3/h6-14,20H,4-5,15H2,1-3H3,(H,23,26)/t20-/m0/s1. The van der Waals surface area contributed by atoms with E-state index in [4.69, 9.17) is 9.47 Å². The van der Waals surface area contributed by atoms with E-state index in [1.807, 2.05) is 19.9 Å². The molecule has 2 aromatic carbocycles. The molecule has 0 unspecified atom stereocenters. The average molecular weight is 398 g/mol. The van der Waals surface area contributed by atoms with E-state index in [9.17, 15) is 14.4 Å². The van der Waals surface area contributed by atoms with Crippen molar-refractivity contribution >= 4 is 17.8 Å². The van der Waals surface area contributed by atoms with Gasteiger partial charge in [-0.2, -0.15) is 0 Å². The van der Waals surface area contributed by atoms with E-state index in [-0.39, 0.29) is 12.5 Å². The van der Waals surface area contributed by atoms with Gasteiger partial charge < -0.3 is 19.7 Å². The fourth-order valence-electron chi connectivity index (χ4n) is 2.84. The number of nitrogens with one attached hydrogen (secondary N) is 1. The van der Waals surface area contributed by atoms with E-state index in [1.54, 1.807) is 53.4 Å². The Bertz CT molecular complexity index is 834. The van der Waals surface area contributed by atoms with Gasteiger partial charge >= 0.3 is 5.97 Å². The van der Waals surface area contributed by atoms with Crippen molar-refractivity contribution in [2.75, 3.05) is 26.7 Å². The number of methoxy groups -OCH3 is 1. The molecule has 0 spiro atoms. The molecule has 7 nitrogen and oxygen atoms in total. The summed E-state index contributed by atoms with van der Waals surface area (Å²) in [6, 6.07) is 15.5. The fourth-order valence-corrected chi connectivity index (χ4v) is 2.84. The van der Waals surface area contributed by atoms with E-state index >= 15 is 0 Å². The third kappa shape index (κ3) is 5.81. The first-order chi connectivity index (χ1) is 14.0. The lowest BCUT2D eigenvalue weighted by molar-refractivity contribution is -0.160. The molecule has 0 saturated carbocycles. The van der Waals surface area contributed by atoms with Crippen molar-refractivity contribution in [3.8, 4) is 5.75 Å². The number of hydrogen-bond acceptors (Lipinski definition) is 5.